The summed E-state index contributed by atoms with van der Waals surface area (Å²) in [6.07, 6.45) is 1.41. The normalized spacial score (nSPS) is 10.9. The number of carbonyl (C=O) groups excluding carboxylic acids is 1. The molecule has 6 nitrogen and oxygen atoms in total. The van der Waals surface area contributed by atoms with Gasteiger partial charge >= 0.3 is 0 Å². The maximum atomic E-state index is 12.0. The molecule has 150 valence electrons. The van der Waals surface area contributed by atoms with Gasteiger partial charge in [-0.1, -0.05) is 6.07 Å². The lowest BCUT2D eigenvalue weighted by Gasteiger charge is -2.21. The number of hydrogen-bond donors (Lipinski definition) is 2. The van der Waals surface area contributed by atoms with Gasteiger partial charge in [0.25, 0.3) is 5.91 Å². The molecule has 2 N–H and O–H groups in total. The Morgan fingerprint density at radius 3 is 2.57 bits per heavy atom. The van der Waals surface area contributed by atoms with E-state index >= 15 is 0 Å². The van der Waals surface area contributed by atoms with Gasteiger partial charge in [0.2, 0.25) is 0 Å². The molecule has 2 aromatic carbocycles. The number of aromatic hydroxyl groups is 1. The van der Waals surface area contributed by atoms with Crippen LogP contribution in [0.15, 0.2) is 39.9 Å². The molecule has 0 heterocycles. The first-order chi connectivity index (χ1) is 13.3. The van der Waals surface area contributed by atoms with Crippen LogP contribution in [0.3, 0.4) is 0 Å². The second-order valence-electron chi connectivity index (χ2n) is 6.39. The Morgan fingerprint density at radius 1 is 1.25 bits per heavy atom. The first-order valence-electron chi connectivity index (χ1n) is 9.15. The quantitative estimate of drug-likeness (QED) is 0.470. The second kappa shape index (κ2) is 10.1. The maximum absolute atomic E-state index is 12.0. The number of nitrogens with one attached hydrogen (secondary N) is 1. The van der Waals surface area contributed by atoms with Crippen molar-refractivity contribution in [3.63, 3.8) is 0 Å². The number of amides is 1. The summed E-state index contributed by atoms with van der Waals surface area (Å²) in [6.45, 7) is 9.59. The predicted molar refractivity (Wildman–Crippen MR) is 117 cm³/mol. The Balaban J connectivity index is 1.93. The summed E-state index contributed by atoms with van der Waals surface area (Å²) >= 11 is 3.45. The number of aryl methyl sites for hydroxylation is 2. The number of phenolic OH excluding ortho intramolecular Hbond substituents is 1. The fraction of sp³-hybridized carbons (Fsp3) is 0.333. The molecule has 0 unspecified atom stereocenters. The average molecular weight is 448 g/mol. The Hall–Kier alpha value is -2.54. The number of rotatable bonds is 8. The SMILES string of the molecule is CCN(CC)c1ccc(/C=N/NC(=O)COc2c(C)cc(C)cc2Br)c(O)c1. The van der Waals surface area contributed by atoms with Crippen LogP contribution in [0.5, 0.6) is 11.5 Å². The minimum Gasteiger partial charge on any atom is -0.507 e. The van der Waals surface area contributed by atoms with Crippen molar-refractivity contribution < 1.29 is 14.6 Å². The molecule has 0 saturated heterocycles. The zero-order valence-electron chi connectivity index (χ0n) is 16.6. The molecular weight excluding hydrogens is 422 g/mol. The molecule has 0 atom stereocenters. The topological polar surface area (TPSA) is 74.2 Å². The first kappa shape index (κ1) is 21.8. The number of benzene rings is 2. The molecule has 1 amide bonds. The smallest absolute Gasteiger partial charge is 0.277 e. The molecule has 2 aromatic rings. The molecule has 0 aromatic heterocycles. The van der Waals surface area contributed by atoms with E-state index in [4.69, 9.17) is 4.74 Å². The number of phenols is 1. The molecule has 0 aliphatic carbocycles. The zero-order chi connectivity index (χ0) is 20.7. The lowest BCUT2D eigenvalue weighted by Crippen LogP contribution is -2.25. The lowest BCUT2D eigenvalue weighted by atomic mass is 10.1. The third-order valence-corrected chi connectivity index (χ3v) is 4.85. The molecule has 0 spiro atoms. The van der Waals surface area contributed by atoms with Crippen molar-refractivity contribution in [3.05, 3.63) is 51.5 Å². The monoisotopic (exact) mass is 447 g/mol. The van der Waals surface area contributed by atoms with Crippen molar-refractivity contribution in [1.29, 1.82) is 0 Å². The summed E-state index contributed by atoms with van der Waals surface area (Å²) in [5.41, 5.74) is 5.93. The summed E-state index contributed by atoms with van der Waals surface area (Å²) in [6, 6.07) is 9.29. The van der Waals surface area contributed by atoms with Gasteiger partial charge in [0.1, 0.15) is 11.5 Å². The highest BCUT2D eigenvalue weighted by molar-refractivity contribution is 9.10. The Labute approximate surface area is 174 Å². The number of hydrazone groups is 1. The van der Waals surface area contributed by atoms with Crippen LogP contribution < -0.4 is 15.1 Å². The Kier molecular flexibility index (Phi) is 7.87. The molecule has 0 radical (unpaired) electrons. The number of nitrogens with zero attached hydrogens (tertiary/aromatic N) is 2. The molecule has 0 fully saturated rings. The van der Waals surface area contributed by atoms with Gasteiger partial charge in [0.15, 0.2) is 6.61 Å². The predicted octanol–water partition coefficient (Wildman–Crippen LogP) is 4.15. The van der Waals surface area contributed by atoms with E-state index in [0.29, 0.717) is 11.3 Å². The van der Waals surface area contributed by atoms with Gasteiger partial charge in [0, 0.05) is 30.4 Å². The molecule has 0 aliphatic rings. The highest BCUT2D eigenvalue weighted by atomic mass is 79.9. The number of halogens is 1. The molecule has 7 heteroatoms. The van der Waals surface area contributed by atoms with Gasteiger partial charge in [-0.15, -0.1) is 0 Å². The molecule has 2 rings (SSSR count). The number of hydrogen-bond acceptors (Lipinski definition) is 5. The minimum absolute atomic E-state index is 0.109. The van der Waals surface area contributed by atoms with Gasteiger partial charge in [-0.25, -0.2) is 5.43 Å². The van der Waals surface area contributed by atoms with Crippen LogP contribution in [0.25, 0.3) is 0 Å². The Bertz CT molecular complexity index is 841. The van der Waals surface area contributed by atoms with E-state index < -0.39 is 0 Å². The van der Waals surface area contributed by atoms with E-state index in [1.165, 1.54) is 6.21 Å². The van der Waals surface area contributed by atoms with Crippen LogP contribution in [-0.4, -0.2) is 36.9 Å². The Morgan fingerprint density at radius 2 is 1.96 bits per heavy atom. The molecule has 0 aliphatic heterocycles. The van der Waals surface area contributed by atoms with E-state index in [1.807, 2.05) is 32.0 Å². The highest BCUT2D eigenvalue weighted by Gasteiger charge is 2.09. The van der Waals surface area contributed by atoms with Crippen molar-refractivity contribution in [3.8, 4) is 11.5 Å². The standard InChI is InChI=1S/C21H26BrN3O3/c1-5-25(6-2)17-8-7-16(19(26)11-17)12-23-24-20(27)13-28-21-15(4)9-14(3)10-18(21)22/h7-12,26H,5-6,13H2,1-4H3,(H,24,27)/b23-12+. The fourth-order valence-corrected chi connectivity index (χ4v) is 3.64. The van der Waals surface area contributed by atoms with E-state index in [1.54, 1.807) is 12.1 Å². The van der Waals surface area contributed by atoms with Crippen molar-refractivity contribution in [2.45, 2.75) is 27.7 Å². The van der Waals surface area contributed by atoms with Crippen molar-refractivity contribution in [2.24, 2.45) is 5.10 Å². The van der Waals surface area contributed by atoms with Crippen molar-refractivity contribution in [1.82, 2.24) is 5.43 Å². The first-order valence-corrected chi connectivity index (χ1v) is 9.94. The summed E-state index contributed by atoms with van der Waals surface area (Å²) in [5.74, 6) is 0.356. The largest absolute Gasteiger partial charge is 0.507 e. The molecule has 0 saturated carbocycles. The van der Waals surface area contributed by atoms with Crippen molar-refractivity contribution in [2.75, 3.05) is 24.6 Å². The van der Waals surface area contributed by atoms with Crippen LogP contribution in [0.1, 0.15) is 30.5 Å². The third-order valence-electron chi connectivity index (χ3n) is 4.26. The maximum Gasteiger partial charge on any atom is 0.277 e. The van der Waals surface area contributed by atoms with E-state index in [0.717, 1.165) is 34.4 Å². The van der Waals surface area contributed by atoms with Crippen LogP contribution in [-0.2, 0) is 4.79 Å². The molecule has 0 bridgehead atoms. The summed E-state index contributed by atoms with van der Waals surface area (Å²) in [5, 5.41) is 14.1. The van der Waals surface area contributed by atoms with Gasteiger partial charge in [-0.05, 0) is 73.0 Å². The van der Waals surface area contributed by atoms with Crippen LogP contribution >= 0.6 is 15.9 Å². The molecule has 28 heavy (non-hydrogen) atoms. The number of carbonyl (C=O) groups is 1. The summed E-state index contributed by atoms with van der Waals surface area (Å²) < 4.78 is 6.40. The van der Waals surface area contributed by atoms with E-state index in [-0.39, 0.29) is 18.3 Å². The number of ether oxygens (including phenoxy) is 1. The fourth-order valence-electron chi connectivity index (χ4n) is 2.86. The zero-order valence-corrected chi connectivity index (χ0v) is 18.2. The number of anilines is 1. The summed E-state index contributed by atoms with van der Waals surface area (Å²) in [4.78, 5) is 14.1. The van der Waals surface area contributed by atoms with Crippen molar-refractivity contribution >= 4 is 33.7 Å². The van der Waals surface area contributed by atoms with Crippen LogP contribution in [0, 0.1) is 13.8 Å². The van der Waals surface area contributed by atoms with Gasteiger partial charge in [-0.2, -0.15) is 5.10 Å². The second-order valence-corrected chi connectivity index (χ2v) is 7.24. The summed E-state index contributed by atoms with van der Waals surface area (Å²) in [7, 11) is 0. The third kappa shape index (κ3) is 5.73. The highest BCUT2D eigenvalue weighted by Crippen LogP contribution is 2.30. The average Bonchev–Trinajstić information content (AvgIpc) is 2.63. The van der Waals surface area contributed by atoms with Gasteiger partial charge in [-0.3, -0.25) is 4.79 Å². The minimum atomic E-state index is -0.387. The van der Waals surface area contributed by atoms with E-state index in [9.17, 15) is 9.90 Å². The van der Waals surface area contributed by atoms with Crippen LogP contribution in [0.2, 0.25) is 0 Å². The van der Waals surface area contributed by atoms with Crippen LogP contribution in [0.4, 0.5) is 5.69 Å². The van der Waals surface area contributed by atoms with E-state index in [2.05, 4.69) is 45.2 Å². The van der Waals surface area contributed by atoms with Gasteiger partial charge < -0.3 is 14.7 Å². The molecular formula is C21H26BrN3O3. The van der Waals surface area contributed by atoms with Gasteiger partial charge in [0.05, 0.1) is 10.7 Å². The lowest BCUT2D eigenvalue weighted by molar-refractivity contribution is -0.123.